The van der Waals surface area contributed by atoms with Crippen molar-refractivity contribution in [2.45, 2.75) is 32.9 Å². The molecule has 0 aromatic carbocycles. The Kier molecular flexibility index (Phi) is 14.6. The maximum atomic E-state index is 8.89. The number of aliphatic carboxylic acids is 1. The summed E-state index contributed by atoms with van der Waals surface area (Å²) in [6.07, 6.45) is 8.45. The van der Waals surface area contributed by atoms with E-state index in [9.17, 15) is 0 Å². The van der Waals surface area contributed by atoms with E-state index in [1.165, 1.54) is 0 Å². The highest BCUT2D eigenvalue weighted by Gasteiger charge is 2.02. The van der Waals surface area contributed by atoms with Crippen LogP contribution in [0, 0.1) is 0 Å². The summed E-state index contributed by atoms with van der Waals surface area (Å²) < 4.78 is 14.4. The summed E-state index contributed by atoms with van der Waals surface area (Å²) in [7, 11) is 3.47. The number of aryl methyl sites for hydroxylation is 2. The quantitative estimate of drug-likeness (QED) is 0.442. The second kappa shape index (κ2) is 14.0. The predicted octanol–water partition coefficient (Wildman–Crippen LogP) is -1.22. The average Bonchev–Trinajstić information content (AvgIpc) is 2.77. The van der Waals surface area contributed by atoms with Crippen LogP contribution in [0.15, 0.2) is 18.7 Å². The summed E-state index contributed by atoms with van der Waals surface area (Å²) in [5.41, 5.74) is 0. The van der Waals surface area contributed by atoms with Crippen LogP contribution in [0.5, 0.6) is 0 Å². The number of nitrogens with zero attached hydrogens (tertiary/aromatic N) is 2. The van der Waals surface area contributed by atoms with Gasteiger partial charge in [0, 0.05) is 46.2 Å². The van der Waals surface area contributed by atoms with E-state index in [0.717, 1.165) is 46.1 Å². The van der Waals surface area contributed by atoms with Gasteiger partial charge in [-0.25, -0.2) is 9.13 Å². The second-order valence-corrected chi connectivity index (χ2v) is 4.07. The van der Waals surface area contributed by atoms with Gasteiger partial charge in [-0.15, -0.1) is 0 Å². The number of ether oxygens (including phenoxy) is 2. The maximum absolute atomic E-state index is 8.89. The standard InChI is InChI=1S/C11H21N2O2.C2H4O2.H2O/c1-14-9-3-5-12-7-8-13(11-12)6-4-10-15-2;1-2(3)4;/h7-8,11H,3-6,9-10H2,1-2H3;1H3,(H,3,4);1H2/q+1;;/p-1. The zero-order valence-electron chi connectivity index (χ0n) is 12.5. The summed E-state index contributed by atoms with van der Waals surface area (Å²) in [4.78, 5) is 8.89. The zero-order valence-corrected chi connectivity index (χ0v) is 12.5. The Morgan fingerprint density at radius 2 is 1.80 bits per heavy atom. The first kappa shape index (κ1) is 20.9. The fourth-order valence-electron chi connectivity index (χ4n) is 1.49. The molecule has 1 heterocycles. The molecule has 0 amide bonds. The molecule has 118 valence electrons. The van der Waals surface area contributed by atoms with Crippen LogP contribution in [0.25, 0.3) is 0 Å². The normalized spacial score (nSPS) is 9.35. The van der Waals surface area contributed by atoms with Crippen LogP contribution < -0.4 is 9.67 Å². The number of aromatic nitrogens is 2. The second-order valence-electron chi connectivity index (χ2n) is 4.07. The van der Waals surface area contributed by atoms with Crippen molar-refractivity contribution >= 4 is 5.97 Å². The van der Waals surface area contributed by atoms with Gasteiger partial charge in [0.1, 0.15) is 12.4 Å². The largest absolute Gasteiger partial charge is 0.550 e. The van der Waals surface area contributed by atoms with Crippen molar-refractivity contribution in [2.75, 3.05) is 27.4 Å². The number of hydrogen-bond donors (Lipinski definition) is 0. The van der Waals surface area contributed by atoms with Crippen LogP contribution in [0.2, 0.25) is 0 Å². The van der Waals surface area contributed by atoms with Gasteiger partial charge >= 0.3 is 0 Å². The van der Waals surface area contributed by atoms with Gasteiger partial charge in [0.25, 0.3) is 0 Å². The van der Waals surface area contributed by atoms with Crippen LogP contribution >= 0.6 is 0 Å². The molecule has 0 aliphatic carbocycles. The lowest BCUT2D eigenvalue weighted by Crippen LogP contribution is -2.31. The molecule has 0 bridgehead atoms. The average molecular weight is 290 g/mol. The van der Waals surface area contributed by atoms with Crippen LogP contribution in [0.3, 0.4) is 0 Å². The van der Waals surface area contributed by atoms with E-state index in [1.807, 2.05) is 0 Å². The fourth-order valence-corrected chi connectivity index (χ4v) is 1.49. The van der Waals surface area contributed by atoms with Crippen LogP contribution in [0.1, 0.15) is 19.8 Å². The van der Waals surface area contributed by atoms with Gasteiger partial charge < -0.3 is 24.9 Å². The molecule has 7 nitrogen and oxygen atoms in total. The molecule has 2 N–H and O–H groups in total. The van der Waals surface area contributed by atoms with Crippen molar-refractivity contribution in [3.63, 3.8) is 0 Å². The van der Waals surface area contributed by atoms with E-state index in [4.69, 9.17) is 19.4 Å². The molecule has 1 rings (SSSR count). The van der Waals surface area contributed by atoms with Crippen molar-refractivity contribution in [1.82, 2.24) is 4.57 Å². The summed E-state index contributed by atoms with van der Waals surface area (Å²) in [5.74, 6) is -1.08. The van der Waals surface area contributed by atoms with E-state index < -0.39 is 5.97 Å². The molecule has 0 fully saturated rings. The molecule has 0 atom stereocenters. The first-order valence-corrected chi connectivity index (χ1v) is 6.30. The Hall–Kier alpha value is -1.44. The van der Waals surface area contributed by atoms with E-state index in [-0.39, 0.29) is 5.48 Å². The summed E-state index contributed by atoms with van der Waals surface area (Å²) >= 11 is 0. The third kappa shape index (κ3) is 13.0. The topological polar surface area (TPSA) is 98.9 Å². The minimum atomic E-state index is -1.08. The lowest BCUT2D eigenvalue weighted by molar-refractivity contribution is -0.697. The van der Waals surface area contributed by atoms with E-state index in [0.29, 0.717) is 0 Å². The molecule has 0 radical (unpaired) electrons. The van der Waals surface area contributed by atoms with Crippen LogP contribution in [-0.2, 0) is 27.4 Å². The van der Waals surface area contributed by atoms with E-state index in [2.05, 4.69) is 27.9 Å². The van der Waals surface area contributed by atoms with Gasteiger partial charge in [-0.1, -0.05) is 0 Å². The maximum Gasteiger partial charge on any atom is 0.243 e. The molecule has 0 aliphatic rings. The summed E-state index contributed by atoms with van der Waals surface area (Å²) in [6.45, 7) is 4.65. The molecule has 1 aromatic heterocycles. The highest BCUT2D eigenvalue weighted by atomic mass is 16.5. The number of rotatable bonds is 8. The third-order valence-corrected chi connectivity index (χ3v) is 2.28. The number of carbonyl (C=O) groups is 1. The van der Waals surface area contributed by atoms with Gasteiger partial charge in [-0.3, -0.25) is 0 Å². The van der Waals surface area contributed by atoms with Gasteiger partial charge in [-0.2, -0.15) is 0 Å². The fraction of sp³-hybridized carbons (Fsp3) is 0.692. The molecular formula is C13H26N2O5. The number of imidazole rings is 1. The minimum absolute atomic E-state index is 0. The Balaban J connectivity index is 0. The molecule has 20 heavy (non-hydrogen) atoms. The molecule has 1 aromatic rings. The monoisotopic (exact) mass is 290 g/mol. The molecule has 7 heteroatoms. The number of hydrogen-bond acceptors (Lipinski definition) is 4. The molecule has 0 aliphatic heterocycles. The molecule has 0 saturated heterocycles. The SMILES string of the molecule is CC(=O)[O-].COCCCn1cc[n+](CCCOC)c1.O. The van der Waals surface area contributed by atoms with Crippen molar-refractivity contribution in [1.29, 1.82) is 0 Å². The third-order valence-electron chi connectivity index (χ3n) is 2.28. The number of carboxylic acid groups (broad SMARTS) is 1. The van der Waals surface area contributed by atoms with Gasteiger partial charge in [-0.05, 0) is 6.92 Å². The first-order chi connectivity index (χ1) is 9.10. The summed E-state index contributed by atoms with van der Waals surface area (Å²) in [5, 5.41) is 8.89. The lowest BCUT2D eigenvalue weighted by Gasteiger charge is -1.97. The minimum Gasteiger partial charge on any atom is -0.550 e. The molecular weight excluding hydrogens is 264 g/mol. The Morgan fingerprint density at radius 3 is 2.35 bits per heavy atom. The predicted molar refractivity (Wildman–Crippen MR) is 71.9 cm³/mol. The Bertz CT molecular complexity index is 313. The van der Waals surface area contributed by atoms with Crippen molar-refractivity contribution in [3.05, 3.63) is 18.7 Å². The Morgan fingerprint density at radius 1 is 1.25 bits per heavy atom. The molecule has 0 saturated carbocycles. The number of methoxy groups -OCH3 is 2. The van der Waals surface area contributed by atoms with Gasteiger partial charge in [0.2, 0.25) is 6.33 Å². The van der Waals surface area contributed by atoms with Crippen molar-refractivity contribution in [3.8, 4) is 0 Å². The Labute approximate surface area is 120 Å². The smallest absolute Gasteiger partial charge is 0.243 e. The number of carboxylic acids is 1. The van der Waals surface area contributed by atoms with Gasteiger partial charge in [0.05, 0.1) is 13.1 Å². The zero-order chi connectivity index (χ0) is 14.5. The van der Waals surface area contributed by atoms with Gasteiger partial charge in [0.15, 0.2) is 0 Å². The lowest BCUT2D eigenvalue weighted by atomic mass is 10.4. The highest BCUT2D eigenvalue weighted by molar-refractivity contribution is 5.60. The molecule has 0 spiro atoms. The summed E-state index contributed by atoms with van der Waals surface area (Å²) in [6, 6.07) is 0. The van der Waals surface area contributed by atoms with Crippen LogP contribution in [0.4, 0.5) is 0 Å². The van der Waals surface area contributed by atoms with Crippen LogP contribution in [-0.4, -0.2) is 43.4 Å². The highest BCUT2D eigenvalue weighted by Crippen LogP contribution is 1.90. The van der Waals surface area contributed by atoms with Crippen molar-refractivity contribution in [2.24, 2.45) is 0 Å². The van der Waals surface area contributed by atoms with Crippen molar-refractivity contribution < 1.29 is 29.4 Å². The molecule has 0 unspecified atom stereocenters. The first-order valence-electron chi connectivity index (χ1n) is 6.30. The van der Waals surface area contributed by atoms with E-state index >= 15 is 0 Å². The van der Waals surface area contributed by atoms with E-state index in [1.54, 1.807) is 14.2 Å². The number of carbonyl (C=O) groups excluding carboxylic acids is 1.